The molecule has 0 bridgehead atoms. The van der Waals surface area contributed by atoms with Crippen LogP contribution in [0.4, 0.5) is 17.2 Å². The molecule has 0 saturated carbocycles. The quantitative estimate of drug-likeness (QED) is 0.376. The highest BCUT2D eigenvalue weighted by Crippen LogP contribution is 2.35. The normalized spacial score (nSPS) is 15.8. The number of nitrogens with zero attached hydrogens (tertiary/aromatic N) is 4. The van der Waals surface area contributed by atoms with Gasteiger partial charge in [-0.15, -0.1) is 0 Å². The summed E-state index contributed by atoms with van der Waals surface area (Å²) in [5, 5.41) is 31.5. The molecule has 0 spiro atoms. The Kier molecular flexibility index (Phi) is 6.24. The van der Waals surface area contributed by atoms with Crippen LogP contribution in [0.5, 0.6) is 0 Å². The Morgan fingerprint density at radius 1 is 1.30 bits per heavy atom. The number of hydrogen-bond acceptors (Lipinski definition) is 7. The number of para-hydroxylation sites is 1. The van der Waals surface area contributed by atoms with Gasteiger partial charge in [-0.2, -0.15) is 10.4 Å². The van der Waals surface area contributed by atoms with E-state index < -0.39 is 17.8 Å². The van der Waals surface area contributed by atoms with Crippen molar-refractivity contribution >= 4 is 34.7 Å². The number of halogens is 1. The van der Waals surface area contributed by atoms with Gasteiger partial charge in [-0.3, -0.25) is 14.4 Å². The lowest BCUT2D eigenvalue weighted by Gasteiger charge is -2.50. The molecule has 9 nitrogen and oxygen atoms in total. The minimum Gasteiger partial charge on any atom is -0.365 e. The third-order valence-corrected chi connectivity index (χ3v) is 6.21. The lowest BCUT2D eigenvalue weighted by Crippen LogP contribution is -2.66. The average molecular weight is 466 g/mol. The highest BCUT2D eigenvalue weighted by atomic mass is 35.5. The highest BCUT2D eigenvalue weighted by molar-refractivity contribution is 6.31. The van der Waals surface area contributed by atoms with Crippen LogP contribution in [0.1, 0.15) is 22.3 Å². The molecule has 1 aliphatic rings. The number of aliphatic hydroxyl groups is 1. The van der Waals surface area contributed by atoms with Crippen molar-refractivity contribution in [2.45, 2.75) is 25.2 Å². The fraction of sp³-hybridized carbons (Fsp3) is 0.261. The maximum atomic E-state index is 12.0. The maximum Gasteiger partial charge on any atom is 0.254 e. The first-order valence-corrected chi connectivity index (χ1v) is 10.7. The molecule has 1 saturated heterocycles. The van der Waals surface area contributed by atoms with Crippen LogP contribution in [0.2, 0.25) is 5.02 Å². The summed E-state index contributed by atoms with van der Waals surface area (Å²) >= 11 is 6.17. The third kappa shape index (κ3) is 4.50. The number of anilines is 3. The Hall–Kier alpha value is -3.58. The van der Waals surface area contributed by atoms with E-state index >= 15 is 0 Å². The van der Waals surface area contributed by atoms with Gasteiger partial charge in [0.05, 0.1) is 12.5 Å². The monoisotopic (exact) mass is 465 g/mol. The average Bonchev–Trinajstić information content (AvgIpc) is 3.18. The van der Waals surface area contributed by atoms with Crippen molar-refractivity contribution in [2.75, 3.05) is 23.7 Å². The van der Waals surface area contributed by atoms with E-state index in [2.05, 4.69) is 21.8 Å². The van der Waals surface area contributed by atoms with Gasteiger partial charge >= 0.3 is 0 Å². The number of nitrogens with one attached hydrogen (secondary N) is 2. The molecule has 10 heteroatoms. The van der Waals surface area contributed by atoms with Crippen molar-refractivity contribution in [1.82, 2.24) is 14.7 Å². The predicted molar refractivity (Wildman–Crippen MR) is 126 cm³/mol. The molecule has 4 rings (SSSR count). The lowest BCUT2D eigenvalue weighted by atomic mass is 9.87. The van der Waals surface area contributed by atoms with Crippen molar-refractivity contribution < 1.29 is 9.90 Å². The smallest absolute Gasteiger partial charge is 0.254 e. The number of nitrogens with two attached hydrogens (primary N) is 1. The summed E-state index contributed by atoms with van der Waals surface area (Å²) in [6, 6.07) is 16.9. The molecule has 170 valence electrons. The number of aliphatic hydroxyl groups excluding tert-OH is 1. The summed E-state index contributed by atoms with van der Waals surface area (Å²) in [6.45, 7) is 2.56. The van der Waals surface area contributed by atoms with E-state index in [0.29, 0.717) is 23.9 Å². The Morgan fingerprint density at radius 3 is 2.70 bits per heavy atom. The molecule has 1 amide bonds. The molecule has 33 heavy (non-hydrogen) atoms. The standard InChI is InChI=1S/C23H24ClN7O2/c1-15-18(24)8-5-9-19(15)28-22(33)30-13-23(14-30,10-11-25)31-12-17(20(26)32)21(29-31)27-16-6-3-2-4-7-16/h2-9,12,22,28,33H,10,13-14H2,1H3,(H2,26,32)(H,27,29). The molecule has 0 radical (unpaired) electrons. The summed E-state index contributed by atoms with van der Waals surface area (Å²) < 4.78 is 1.61. The van der Waals surface area contributed by atoms with Gasteiger partial charge in [0.25, 0.3) is 5.91 Å². The van der Waals surface area contributed by atoms with Gasteiger partial charge in [0.15, 0.2) is 12.2 Å². The number of aromatic nitrogens is 2. The Morgan fingerprint density at radius 2 is 2.03 bits per heavy atom. The van der Waals surface area contributed by atoms with E-state index in [1.807, 2.05) is 43.3 Å². The summed E-state index contributed by atoms with van der Waals surface area (Å²) in [4.78, 5) is 13.8. The van der Waals surface area contributed by atoms with Crippen molar-refractivity contribution in [3.8, 4) is 6.07 Å². The van der Waals surface area contributed by atoms with Crippen LogP contribution in [-0.2, 0) is 5.54 Å². The number of primary amides is 1. The SMILES string of the molecule is Cc1c(Cl)cccc1NC(O)N1CC(CC#N)(n2cc(C(N)=O)c(Nc3ccccc3)n2)C1. The van der Waals surface area contributed by atoms with Crippen molar-refractivity contribution in [3.63, 3.8) is 0 Å². The van der Waals surface area contributed by atoms with Crippen molar-refractivity contribution in [1.29, 1.82) is 5.26 Å². The van der Waals surface area contributed by atoms with Crippen LogP contribution < -0.4 is 16.4 Å². The molecule has 1 atom stereocenters. The van der Waals surface area contributed by atoms with Gasteiger partial charge in [0, 0.05) is 35.7 Å². The minimum atomic E-state index is -0.984. The number of rotatable bonds is 8. The molecule has 2 aromatic carbocycles. The zero-order chi connectivity index (χ0) is 23.6. The van der Waals surface area contributed by atoms with E-state index in [-0.39, 0.29) is 12.0 Å². The molecular formula is C23H24ClN7O2. The van der Waals surface area contributed by atoms with E-state index in [1.54, 1.807) is 27.9 Å². The van der Waals surface area contributed by atoms with E-state index in [1.165, 1.54) is 0 Å². The molecule has 1 aliphatic heterocycles. The van der Waals surface area contributed by atoms with Gasteiger partial charge in [-0.1, -0.05) is 35.9 Å². The second-order valence-electron chi connectivity index (χ2n) is 8.09. The van der Waals surface area contributed by atoms with Crippen LogP contribution in [0.25, 0.3) is 0 Å². The zero-order valence-corrected chi connectivity index (χ0v) is 18.8. The van der Waals surface area contributed by atoms with E-state index in [9.17, 15) is 15.2 Å². The van der Waals surface area contributed by atoms with Crippen LogP contribution >= 0.6 is 11.6 Å². The summed E-state index contributed by atoms with van der Waals surface area (Å²) in [5.41, 5.74) is 7.40. The summed E-state index contributed by atoms with van der Waals surface area (Å²) in [7, 11) is 0. The number of likely N-dealkylation sites (tertiary alicyclic amines) is 1. The number of amides is 1. The molecular weight excluding hydrogens is 442 g/mol. The third-order valence-electron chi connectivity index (χ3n) is 5.80. The molecule has 1 unspecified atom stereocenters. The molecule has 1 aromatic heterocycles. The minimum absolute atomic E-state index is 0.150. The fourth-order valence-electron chi connectivity index (χ4n) is 3.91. The number of hydrogen-bond donors (Lipinski definition) is 4. The summed E-state index contributed by atoms with van der Waals surface area (Å²) in [5.74, 6) is -0.307. The first-order chi connectivity index (χ1) is 15.8. The molecule has 2 heterocycles. The zero-order valence-electron chi connectivity index (χ0n) is 18.0. The molecule has 5 N–H and O–H groups in total. The maximum absolute atomic E-state index is 12.0. The second-order valence-corrected chi connectivity index (χ2v) is 8.49. The van der Waals surface area contributed by atoms with Gasteiger partial charge in [-0.25, -0.2) is 0 Å². The van der Waals surface area contributed by atoms with Crippen LogP contribution in [0, 0.1) is 18.3 Å². The largest absolute Gasteiger partial charge is 0.365 e. The van der Waals surface area contributed by atoms with Crippen LogP contribution in [0.3, 0.4) is 0 Å². The van der Waals surface area contributed by atoms with Crippen LogP contribution in [0.15, 0.2) is 54.7 Å². The number of benzene rings is 2. The Bertz CT molecular complexity index is 1200. The molecule has 1 fully saturated rings. The summed E-state index contributed by atoms with van der Waals surface area (Å²) in [6.07, 6.45) is 0.724. The predicted octanol–water partition coefficient (Wildman–Crippen LogP) is 3.00. The van der Waals surface area contributed by atoms with Crippen molar-refractivity contribution in [3.05, 3.63) is 70.9 Å². The van der Waals surface area contributed by atoms with Gasteiger partial charge < -0.3 is 21.5 Å². The van der Waals surface area contributed by atoms with E-state index in [4.69, 9.17) is 17.3 Å². The second kappa shape index (κ2) is 9.11. The fourth-order valence-corrected chi connectivity index (χ4v) is 4.08. The van der Waals surface area contributed by atoms with E-state index in [0.717, 1.165) is 16.9 Å². The number of carbonyl (C=O) groups is 1. The van der Waals surface area contributed by atoms with Crippen molar-refractivity contribution in [2.24, 2.45) is 5.73 Å². The number of nitriles is 1. The topological polar surface area (TPSA) is 132 Å². The van der Waals surface area contributed by atoms with Crippen LogP contribution in [-0.4, -0.2) is 45.1 Å². The van der Waals surface area contributed by atoms with Gasteiger partial charge in [-0.05, 0) is 36.8 Å². The first kappa shape index (κ1) is 22.6. The number of carbonyl (C=O) groups excluding carboxylic acids is 1. The Balaban J connectivity index is 1.54. The molecule has 3 aromatic rings. The Labute approximate surface area is 196 Å². The lowest BCUT2D eigenvalue weighted by molar-refractivity contribution is -0.0922. The highest BCUT2D eigenvalue weighted by Gasteiger charge is 2.48. The molecule has 0 aliphatic carbocycles. The van der Waals surface area contributed by atoms with Gasteiger partial charge in [0.2, 0.25) is 0 Å². The van der Waals surface area contributed by atoms with Gasteiger partial charge in [0.1, 0.15) is 11.1 Å². The first-order valence-electron chi connectivity index (χ1n) is 10.4.